The Morgan fingerprint density at radius 1 is 1.33 bits per heavy atom. The van der Waals surface area contributed by atoms with Crippen LogP contribution in [0.3, 0.4) is 0 Å². The SMILES string of the molecule is CC(=O)N1C2(CCC13CNC3=O)CNC2. The molecule has 0 aromatic heterocycles. The second kappa shape index (κ2) is 2.52. The monoisotopic (exact) mass is 209 g/mol. The topological polar surface area (TPSA) is 61.4 Å². The largest absolute Gasteiger partial charge is 0.351 e. The van der Waals surface area contributed by atoms with Crippen LogP contribution in [0.2, 0.25) is 0 Å². The summed E-state index contributed by atoms with van der Waals surface area (Å²) in [5.41, 5.74) is -0.572. The molecule has 3 saturated heterocycles. The van der Waals surface area contributed by atoms with Crippen molar-refractivity contribution in [3.63, 3.8) is 0 Å². The lowest BCUT2D eigenvalue weighted by molar-refractivity contribution is -0.158. The van der Waals surface area contributed by atoms with Crippen molar-refractivity contribution < 1.29 is 9.59 Å². The van der Waals surface area contributed by atoms with Crippen LogP contribution in [-0.4, -0.2) is 47.4 Å². The van der Waals surface area contributed by atoms with Gasteiger partial charge in [0.1, 0.15) is 5.54 Å². The second-order valence-corrected chi connectivity index (χ2v) is 4.90. The summed E-state index contributed by atoms with van der Waals surface area (Å²) in [6.07, 6.45) is 1.77. The van der Waals surface area contributed by atoms with Gasteiger partial charge in [0, 0.05) is 20.0 Å². The minimum Gasteiger partial charge on any atom is -0.351 e. The molecule has 82 valence electrons. The van der Waals surface area contributed by atoms with Crippen LogP contribution in [0.25, 0.3) is 0 Å². The van der Waals surface area contributed by atoms with E-state index in [4.69, 9.17) is 0 Å². The second-order valence-electron chi connectivity index (χ2n) is 4.90. The van der Waals surface area contributed by atoms with Crippen molar-refractivity contribution in [3.05, 3.63) is 0 Å². The van der Waals surface area contributed by atoms with E-state index in [0.717, 1.165) is 25.9 Å². The van der Waals surface area contributed by atoms with E-state index < -0.39 is 5.54 Å². The third-order valence-electron chi connectivity index (χ3n) is 4.09. The number of nitrogens with one attached hydrogen (secondary N) is 2. The quantitative estimate of drug-likeness (QED) is 0.495. The first-order valence-corrected chi connectivity index (χ1v) is 5.41. The normalized spacial score (nSPS) is 36.3. The van der Waals surface area contributed by atoms with Gasteiger partial charge in [-0.1, -0.05) is 0 Å². The molecule has 2 spiro atoms. The van der Waals surface area contributed by atoms with E-state index >= 15 is 0 Å². The molecular formula is C10H15N3O2. The summed E-state index contributed by atoms with van der Waals surface area (Å²) >= 11 is 0. The first-order valence-electron chi connectivity index (χ1n) is 5.41. The van der Waals surface area contributed by atoms with Crippen molar-refractivity contribution in [2.75, 3.05) is 19.6 Å². The summed E-state index contributed by atoms with van der Waals surface area (Å²) in [5, 5.41) is 5.96. The summed E-state index contributed by atoms with van der Waals surface area (Å²) in [6, 6.07) is 0. The van der Waals surface area contributed by atoms with Gasteiger partial charge in [0.15, 0.2) is 0 Å². The van der Waals surface area contributed by atoms with Crippen LogP contribution in [0.5, 0.6) is 0 Å². The van der Waals surface area contributed by atoms with E-state index in [9.17, 15) is 9.59 Å². The maximum atomic E-state index is 11.7. The molecule has 1 unspecified atom stereocenters. The van der Waals surface area contributed by atoms with Crippen molar-refractivity contribution in [2.24, 2.45) is 0 Å². The fourth-order valence-electron chi connectivity index (χ4n) is 3.25. The number of rotatable bonds is 0. The molecule has 0 aliphatic carbocycles. The Bertz CT molecular complexity index is 351. The third-order valence-corrected chi connectivity index (χ3v) is 4.09. The Labute approximate surface area is 88.2 Å². The van der Waals surface area contributed by atoms with Crippen LogP contribution in [0.1, 0.15) is 19.8 Å². The molecular weight excluding hydrogens is 194 g/mol. The Balaban J connectivity index is 1.98. The van der Waals surface area contributed by atoms with Gasteiger partial charge in [-0.25, -0.2) is 0 Å². The zero-order valence-corrected chi connectivity index (χ0v) is 8.80. The van der Waals surface area contributed by atoms with Crippen LogP contribution in [-0.2, 0) is 9.59 Å². The van der Waals surface area contributed by atoms with Crippen LogP contribution >= 0.6 is 0 Å². The van der Waals surface area contributed by atoms with Crippen LogP contribution in [0.15, 0.2) is 0 Å². The predicted molar refractivity (Wildman–Crippen MR) is 53.1 cm³/mol. The van der Waals surface area contributed by atoms with E-state index in [1.807, 2.05) is 4.90 Å². The molecule has 0 saturated carbocycles. The van der Waals surface area contributed by atoms with E-state index in [1.54, 1.807) is 6.92 Å². The maximum absolute atomic E-state index is 11.7. The number of β-lactam (4-membered cyclic amide) rings is 1. The lowest BCUT2D eigenvalue weighted by atomic mass is 9.88. The molecule has 0 aromatic rings. The summed E-state index contributed by atoms with van der Waals surface area (Å²) in [4.78, 5) is 25.2. The lowest BCUT2D eigenvalue weighted by Gasteiger charge is -2.53. The van der Waals surface area contributed by atoms with Gasteiger partial charge in [-0.2, -0.15) is 0 Å². The summed E-state index contributed by atoms with van der Waals surface area (Å²) in [7, 11) is 0. The maximum Gasteiger partial charge on any atom is 0.247 e. The number of nitrogens with zero attached hydrogens (tertiary/aromatic N) is 1. The molecule has 5 nitrogen and oxygen atoms in total. The minimum atomic E-state index is -0.506. The Morgan fingerprint density at radius 2 is 2.07 bits per heavy atom. The molecule has 5 heteroatoms. The zero-order valence-electron chi connectivity index (χ0n) is 8.80. The summed E-state index contributed by atoms with van der Waals surface area (Å²) < 4.78 is 0. The number of hydrogen-bond donors (Lipinski definition) is 2. The average molecular weight is 209 g/mol. The fourth-order valence-corrected chi connectivity index (χ4v) is 3.25. The number of carbonyl (C=O) groups excluding carboxylic acids is 2. The van der Waals surface area contributed by atoms with Gasteiger partial charge < -0.3 is 15.5 Å². The number of carbonyl (C=O) groups is 2. The summed E-state index contributed by atoms with van der Waals surface area (Å²) in [5.74, 6) is 0.0605. The van der Waals surface area contributed by atoms with Crippen molar-refractivity contribution in [1.82, 2.24) is 15.5 Å². The van der Waals surface area contributed by atoms with Gasteiger partial charge in [0.2, 0.25) is 11.8 Å². The predicted octanol–water partition coefficient (Wildman–Crippen LogP) is -1.16. The van der Waals surface area contributed by atoms with E-state index in [-0.39, 0.29) is 17.4 Å². The molecule has 1 atom stereocenters. The molecule has 0 aromatic carbocycles. The molecule has 2 amide bonds. The van der Waals surface area contributed by atoms with Gasteiger partial charge in [-0.3, -0.25) is 9.59 Å². The highest BCUT2D eigenvalue weighted by molar-refractivity contribution is 5.97. The van der Waals surface area contributed by atoms with Gasteiger partial charge in [0.25, 0.3) is 0 Å². The highest BCUT2D eigenvalue weighted by Gasteiger charge is 2.65. The Kier molecular flexibility index (Phi) is 1.54. The van der Waals surface area contributed by atoms with Crippen LogP contribution in [0.4, 0.5) is 0 Å². The van der Waals surface area contributed by atoms with E-state index in [2.05, 4.69) is 10.6 Å². The third kappa shape index (κ3) is 0.873. The van der Waals surface area contributed by atoms with Crippen LogP contribution < -0.4 is 10.6 Å². The molecule has 0 bridgehead atoms. The van der Waals surface area contributed by atoms with Crippen molar-refractivity contribution in [1.29, 1.82) is 0 Å². The number of likely N-dealkylation sites (tertiary alicyclic amines) is 1. The minimum absolute atomic E-state index is 0.0291. The number of hydrogen-bond acceptors (Lipinski definition) is 3. The molecule has 0 radical (unpaired) electrons. The molecule has 3 aliphatic rings. The van der Waals surface area contributed by atoms with Crippen LogP contribution in [0, 0.1) is 0 Å². The van der Waals surface area contributed by atoms with Gasteiger partial charge in [-0.05, 0) is 12.8 Å². The Hall–Kier alpha value is -1.10. The molecule has 15 heavy (non-hydrogen) atoms. The summed E-state index contributed by atoms with van der Waals surface area (Å²) in [6.45, 7) is 3.87. The lowest BCUT2D eigenvalue weighted by Crippen LogP contribution is -2.78. The van der Waals surface area contributed by atoms with Gasteiger partial charge >= 0.3 is 0 Å². The molecule has 3 rings (SSSR count). The average Bonchev–Trinajstić information content (AvgIpc) is 2.52. The van der Waals surface area contributed by atoms with Crippen molar-refractivity contribution in [2.45, 2.75) is 30.8 Å². The first-order chi connectivity index (χ1) is 7.11. The zero-order chi connectivity index (χ0) is 10.7. The molecule has 3 heterocycles. The van der Waals surface area contributed by atoms with Crippen molar-refractivity contribution in [3.8, 4) is 0 Å². The first kappa shape index (κ1) is 9.15. The number of amides is 2. The van der Waals surface area contributed by atoms with Gasteiger partial charge in [-0.15, -0.1) is 0 Å². The standard InChI is InChI=1S/C10H15N3O2/c1-7(14)13-9(4-11-5-9)2-3-10(13)6-12-8(10)15/h11H,2-6H2,1H3,(H,12,15). The molecule has 3 fully saturated rings. The van der Waals surface area contributed by atoms with Crippen molar-refractivity contribution >= 4 is 11.8 Å². The van der Waals surface area contributed by atoms with Gasteiger partial charge in [0.05, 0.1) is 12.1 Å². The smallest absolute Gasteiger partial charge is 0.247 e. The Morgan fingerprint density at radius 3 is 2.40 bits per heavy atom. The molecule has 3 aliphatic heterocycles. The van der Waals surface area contributed by atoms with E-state index in [0.29, 0.717) is 6.54 Å². The fraction of sp³-hybridized carbons (Fsp3) is 0.800. The highest BCUT2D eigenvalue weighted by atomic mass is 16.2. The van der Waals surface area contributed by atoms with E-state index in [1.165, 1.54) is 0 Å². The highest BCUT2D eigenvalue weighted by Crippen LogP contribution is 2.45. The molecule has 2 N–H and O–H groups in total.